The highest BCUT2D eigenvalue weighted by molar-refractivity contribution is 6.07. The molecule has 1 aliphatic carbocycles. The minimum atomic E-state index is -0.328. The second kappa shape index (κ2) is 20.5. The van der Waals surface area contributed by atoms with Gasteiger partial charge in [-0.3, -0.25) is 0 Å². The summed E-state index contributed by atoms with van der Waals surface area (Å²) in [6.07, 6.45) is 0. The van der Waals surface area contributed by atoms with Crippen molar-refractivity contribution in [3.05, 3.63) is 327 Å². The Hall–Kier alpha value is -10.5. The molecule has 0 aromatic heterocycles. The Morgan fingerprint density at radius 3 is 1.22 bits per heavy atom. The molecule has 0 aliphatic heterocycles. The van der Waals surface area contributed by atoms with Gasteiger partial charge in [-0.15, -0.1) is 0 Å². The second-order valence-electron chi connectivity index (χ2n) is 22.4. The van der Waals surface area contributed by atoms with Crippen LogP contribution in [0, 0.1) is 0 Å². The predicted octanol–water partition coefficient (Wildman–Crippen LogP) is 22.7. The zero-order valence-corrected chi connectivity index (χ0v) is 46.4. The number of rotatable bonds is 11. The number of benzene rings is 14. The lowest BCUT2D eigenvalue weighted by Crippen LogP contribution is -2.21. The van der Waals surface area contributed by atoms with Gasteiger partial charge in [-0.1, -0.05) is 275 Å². The highest BCUT2D eigenvalue weighted by Gasteiger charge is 2.39. The largest absolute Gasteiger partial charge is 0.310 e. The average Bonchev–Trinajstić information content (AvgIpc) is 3.38. The summed E-state index contributed by atoms with van der Waals surface area (Å²) in [5, 5.41) is 7.31. The summed E-state index contributed by atoms with van der Waals surface area (Å²) in [7, 11) is 0. The number of fused-ring (bicyclic) bond motifs is 6. The number of nitrogens with zero attached hydrogens (tertiary/aromatic N) is 2. The molecule has 0 N–H and O–H groups in total. The molecule has 0 fully saturated rings. The van der Waals surface area contributed by atoms with Gasteiger partial charge in [-0.2, -0.15) is 0 Å². The summed E-state index contributed by atoms with van der Waals surface area (Å²) in [4.78, 5) is 4.97. The Morgan fingerprint density at radius 1 is 0.229 bits per heavy atom. The van der Waals surface area contributed by atoms with E-state index in [-0.39, 0.29) is 5.41 Å². The fourth-order valence-electron chi connectivity index (χ4n) is 13.4. The minimum absolute atomic E-state index is 0.328. The smallest absolute Gasteiger partial charge is 0.0540 e. The monoisotopic (exact) mass is 1060 g/mol. The van der Waals surface area contributed by atoms with Gasteiger partial charge in [0.15, 0.2) is 0 Å². The normalized spacial score (nSPS) is 12.3. The Morgan fingerprint density at radius 2 is 0.602 bits per heavy atom. The fraction of sp³-hybridized carbons (Fsp3) is 0.0370. The molecular formula is C81H58N2. The molecule has 0 unspecified atom stereocenters. The molecule has 392 valence electrons. The fourth-order valence-corrected chi connectivity index (χ4v) is 13.4. The Balaban J connectivity index is 0.855. The van der Waals surface area contributed by atoms with E-state index in [0.29, 0.717) is 0 Å². The van der Waals surface area contributed by atoms with Crippen molar-refractivity contribution in [3.63, 3.8) is 0 Å². The summed E-state index contributed by atoms with van der Waals surface area (Å²) >= 11 is 0. The zero-order valence-electron chi connectivity index (χ0n) is 46.4. The van der Waals surface area contributed by atoms with Crippen LogP contribution < -0.4 is 9.80 Å². The van der Waals surface area contributed by atoms with Gasteiger partial charge in [-0.25, -0.2) is 0 Å². The number of para-hydroxylation sites is 2. The van der Waals surface area contributed by atoms with Gasteiger partial charge < -0.3 is 9.80 Å². The molecule has 0 radical (unpaired) electrons. The van der Waals surface area contributed by atoms with E-state index in [1.165, 1.54) is 110 Å². The van der Waals surface area contributed by atoms with Crippen LogP contribution in [0.2, 0.25) is 0 Å². The predicted molar refractivity (Wildman–Crippen MR) is 353 cm³/mol. The van der Waals surface area contributed by atoms with Crippen molar-refractivity contribution in [3.8, 4) is 66.8 Å². The van der Waals surface area contributed by atoms with Gasteiger partial charge in [0.1, 0.15) is 0 Å². The quantitative estimate of drug-likeness (QED) is 0.127. The highest BCUT2D eigenvalue weighted by Crippen LogP contribution is 2.56. The first-order valence-electron chi connectivity index (χ1n) is 28.8. The molecule has 0 heterocycles. The van der Waals surface area contributed by atoms with E-state index >= 15 is 0 Å². The lowest BCUT2D eigenvalue weighted by molar-refractivity contribution is 0.661. The van der Waals surface area contributed by atoms with Crippen molar-refractivity contribution in [2.24, 2.45) is 0 Å². The Kier molecular flexibility index (Phi) is 12.2. The number of hydrogen-bond acceptors (Lipinski definition) is 2. The van der Waals surface area contributed by atoms with Crippen molar-refractivity contribution in [1.29, 1.82) is 0 Å². The minimum Gasteiger partial charge on any atom is -0.310 e. The molecule has 2 nitrogen and oxygen atoms in total. The maximum absolute atomic E-state index is 2.52. The maximum Gasteiger partial charge on any atom is 0.0540 e. The first kappa shape index (κ1) is 49.5. The van der Waals surface area contributed by atoms with Crippen LogP contribution in [0.5, 0.6) is 0 Å². The van der Waals surface area contributed by atoms with Crippen LogP contribution in [0.3, 0.4) is 0 Å². The number of hydrogen-bond donors (Lipinski definition) is 0. The Bertz CT molecular complexity index is 4770. The summed E-state index contributed by atoms with van der Waals surface area (Å²) in [6, 6.07) is 116. The molecule has 15 rings (SSSR count). The van der Waals surface area contributed by atoms with Gasteiger partial charge in [0.05, 0.1) is 22.7 Å². The molecule has 0 spiro atoms. The van der Waals surface area contributed by atoms with Gasteiger partial charge in [0, 0.05) is 33.3 Å². The SMILES string of the molecule is CC1(C)c2ccc(-c3cccc4c(-c5cccc(N(c6ccccc6-c6ccccc6)c6cccc7ccccc67)c5)cccc34)cc2-c2cccc(N(c3cccc(-c4cccc5ccccc45)c3)c3ccccc3-c3ccccc3)c21. The lowest BCUT2D eigenvalue weighted by atomic mass is 9.80. The van der Waals surface area contributed by atoms with Crippen LogP contribution in [-0.4, -0.2) is 0 Å². The summed E-state index contributed by atoms with van der Waals surface area (Å²) in [5.74, 6) is 0. The van der Waals surface area contributed by atoms with E-state index in [1.54, 1.807) is 0 Å². The summed E-state index contributed by atoms with van der Waals surface area (Å²) in [6.45, 7) is 4.82. The standard InChI is InChI=1S/C81H58N2/c1-81(2)75-51-50-61(54-74(75)73-45-23-49-79(80(73)81)83(77-47-16-14-39-69(77)57-26-7-4-8-27-57)63-35-17-32-59(52-63)65-40-19-30-55-28-9-11-36-64(55)65)67-42-22-43-71-66(41-21-44-72(67)71)60-33-18-34-62(53-60)82(78-48-20-31-58-29-10-12-37-70(58)78)76-46-15-13-38-68(76)56-24-5-3-6-25-56/h3-54H,1-2H3. The van der Waals surface area contributed by atoms with Gasteiger partial charge in [-0.05, 0) is 148 Å². The molecule has 14 aromatic rings. The van der Waals surface area contributed by atoms with Crippen molar-refractivity contribution in [2.75, 3.05) is 9.80 Å². The maximum atomic E-state index is 2.52. The molecule has 0 atom stereocenters. The molecule has 1 aliphatic rings. The third kappa shape index (κ3) is 8.58. The van der Waals surface area contributed by atoms with Crippen LogP contribution >= 0.6 is 0 Å². The molecule has 14 aromatic carbocycles. The van der Waals surface area contributed by atoms with E-state index < -0.39 is 0 Å². The molecule has 0 saturated carbocycles. The molecular weight excluding hydrogens is 1000 g/mol. The van der Waals surface area contributed by atoms with E-state index in [4.69, 9.17) is 0 Å². The lowest BCUT2D eigenvalue weighted by Gasteiger charge is -2.33. The third-order valence-electron chi connectivity index (χ3n) is 17.2. The van der Waals surface area contributed by atoms with Gasteiger partial charge >= 0.3 is 0 Å². The van der Waals surface area contributed by atoms with Crippen LogP contribution in [0.15, 0.2) is 315 Å². The summed E-state index contributed by atoms with van der Waals surface area (Å²) < 4.78 is 0. The van der Waals surface area contributed by atoms with E-state index in [0.717, 1.165) is 34.0 Å². The first-order valence-corrected chi connectivity index (χ1v) is 28.8. The van der Waals surface area contributed by atoms with Crippen molar-refractivity contribution >= 4 is 66.4 Å². The Labute approximate surface area is 486 Å². The van der Waals surface area contributed by atoms with E-state index in [9.17, 15) is 0 Å². The van der Waals surface area contributed by atoms with Crippen molar-refractivity contribution in [1.82, 2.24) is 0 Å². The molecule has 83 heavy (non-hydrogen) atoms. The van der Waals surface area contributed by atoms with Crippen molar-refractivity contribution < 1.29 is 0 Å². The second-order valence-corrected chi connectivity index (χ2v) is 22.4. The average molecular weight is 1060 g/mol. The van der Waals surface area contributed by atoms with Crippen LogP contribution in [0.4, 0.5) is 34.1 Å². The molecule has 0 amide bonds. The topological polar surface area (TPSA) is 6.48 Å². The molecule has 2 heteroatoms. The zero-order chi connectivity index (χ0) is 55.4. The first-order chi connectivity index (χ1) is 41.0. The highest BCUT2D eigenvalue weighted by atomic mass is 15.2. The van der Waals surface area contributed by atoms with Gasteiger partial charge in [0.25, 0.3) is 0 Å². The van der Waals surface area contributed by atoms with Crippen LogP contribution in [-0.2, 0) is 5.41 Å². The van der Waals surface area contributed by atoms with Crippen LogP contribution in [0.1, 0.15) is 25.0 Å². The van der Waals surface area contributed by atoms with E-state index in [1.807, 2.05) is 0 Å². The van der Waals surface area contributed by atoms with Gasteiger partial charge in [0.2, 0.25) is 0 Å². The summed E-state index contributed by atoms with van der Waals surface area (Å²) in [5.41, 5.74) is 23.5. The van der Waals surface area contributed by atoms with Crippen molar-refractivity contribution in [2.45, 2.75) is 19.3 Å². The molecule has 0 saturated heterocycles. The molecule has 0 bridgehead atoms. The van der Waals surface area contributed by atoms with E-state index in [2.05, 4.69) is 339 Å². The third-order valence-corrected chi connectivity index (χ3v) is 17.2. The van der Waals surface area contributed by atoms with Crippen LogP contribution in [0.25, 0.3) is 99.1 Å². The number of anilines is 6.